The molecule has 0 spiro atoms. The number of ether oxygens (including phenoxy) is 1. The Kier molecular flexibility index (Phi) is 6.77. The zero-order valence-corrected chi connectivity index (χ0v) is 12.2. The van der Waals surface area contributed by atoms with Crippen LogP contribution in [0.1, 0.15) is 24.9 Å². The quantitative estimate of drug-likeness (QED) is 0.813. The summed E-state index contributed by atoms with van der Waals surface area (Å²) >= 11 is 13.4. The molecule has 0 radical (unpaired) electrons. The molecule has 2 atom stereocenters. The average molecular weight is 298 g/mol. The molecule has 0 saturated heterocycles. The average Bonchev–Trinajstić information content (AvgIpc) is 2.58. The van der Waals surface area contributed by atoms with Crippen molar-refractivity contribution >= 4 is 34.5 Å². The van der Waals surface area contributed by atoms with Crippen molar-refractivity contribution < 1.29 is 9.84 Å². The lowest BCUT2D eigenvalue weighted by Gasteiger charge is -2.22. The molecule has 0 saturated carbocycles. The lowest BCUT2D eigenvalue weighted by molar-refractivity contribution is 0.143. The van der Waals surface area contributed by atoms with Gasteiger partial charge in [-0.05, 0) is 25.0 Å². The normalized spacial score (nSPS) is 14.9. The van der Waals surface area contributed by atoms with E-state index in [4.69, 9.17) is 33.0 Å². The molecule has 1 heterocycles. The molecule has 0 aromatic carbocycles. The van der Waals surface area contributed by atoms with Crippen LogP contribution in [0.2, 0.25) is 8.67 Å². The first-order valence-corrected chi connectivity index (χ1v) is 6.96. The molecule has 98 valence electrons. The number of thiophene rings is 1. The second-order valence-electron chi connectivity index (χ2n) is 3.83. The summed E-state index contributed by atoms with van der Waals surface area (Å²) in [5.74, 6) is 0. The van der Waals surface area contributed by atoms with E-state index in [2.05, 4.69) is 5.32 Å². The second kappa shape index (κ2) is 7.56. The molecular weight excluding hydrogens is 281 g/mol. The third kappa shape index (κ3) is 4.73. The summed E-state index contributed by atoms with van der Waals surface area (Å²) in [4.78, 5) is 0. The molecule has 3 nitrogen and oxygen atoms in total. The van der Waals surface area contributed by atoms with Crippen LogP contribution in [0, 0.1) is 0 Å². The smallest absolute Gasteiger partial charge is 0.0991 e. The highest BCUT2D eigenvalue weighted by molar-refractivity contribution is 7.20. The van der Waals surface area contributed by atoms with Gasteiger partial charge in [-0.25, -0.2) is 0 Å². The molecule has 0 aliphatic heterocycles. The van der Waals surface area contributed by atoms with Crippen LogP contribution in [-0.2, 0) is 4.74 Å². The van der Waals surface area contributed by atoms with Crippen molar-refractivity contribution in [3.8, 4) is 0 Å². The summed E-state index contributed by atoms with van der Waals surface area (Å²) in [7, 11) is 1.64. The van der Waals surface area contributed by atoms with Crippen molar-refractivity contribution in [2.24, 2.45) is 0 Å². The molecule has 0 amide bonds. The van der Waals surface area contributed by atoms with Gasteiger partial charge in [0.1, 0.15) is 0 Å². The summed E-state index contributed by atoms with van der Waals surface area (Å²) in [5.41, 5.74) is 0.987. The Morgan fingerprint density at radius 3 is 2.71 bits per heavy atom. The monoisotopic (exact) mass is 297 g/mol. The SMILES string of the molecule is COCC(CCO)NC(C)c1cc(Cl)sc1Cl. The molecule has 1 rings (SSSR count). The van der Waals surface area contributed by atoms with Gasteiger partial charge in [-0.2, -0.15) is 0 Å². The maximum Gasteiger partial charge on any atom is 0.0991 e. The fraction of sp³-hybridized carbons (Fsp3) is 0.636. The van der Waals surface area contributed by atoms with Crippen LogP contribution in [0.5, 0.6) is 0 Å². The van der Waals surface area contributed by atoms with Crippen molar-refractivity contribution in [2.75, 3.05) is 20.3 Å². The minimum Gasteiger partial charge on any atom is -0.396 e. The molecule has 1 aromatic rings. The zero-order valence-electron chi connectivity index (χ0n) is 9.87. The molecule has 0 fully saturated rings. The fourth-order valence-corrected chi connectivity index (χ4v) is 3.31. The molecular formula is C11H17Cl2NO2S. The predicted molar refractivity (Wildman–Crippen MR) is 73.3 cm³/mol. The minimum atomic E-state index is 0.0814. The van der Waals surface area contributed by atoms with Crippen LogP contribution in [0.3, 0.4) is 0 Å². The van der Waals surface area contributed by atoms with Crippen molar-refractivity contribution in [1.29, 1.82) is 0 Å². The Morgan fingerprint density at radius 1 is 1.53 bits per heavy atom. The highest BCUT2D eigenvalue weighted by Crippen LogP contribution is 2.34. The summed E-state index contributed by atoms with van der Waals surface area (Å²) in [6, 6.07) is 2.06. The van der Waals surface area contributed by atoms with Crippen LogP contribution in [0.15, 0.2) is 6.07 Å². The first kappa shape index (κ1) is 15.2. The molecule has 2 N–H and O–H groups in total. The molecule has 6 heteroatoms. The molecule has 0 bridgehead atoms. The van der Waals surface area contributed by atoms with Gasteiger partial charge in [-0.1, -0.05) is 23.2 Å². The van der Waals surface area contributed by atoms with Gasteiger partial charge in [0.25, 0.3) is 0 Å². The molecule has 1 aromatic heterocycles. The van der Waals surface area contributed by atoms with Gasteiger partial charge in [-0.3, -0.25) is 0 Å². The van der Waals surface area contributed by atoms with E-state index in [1.165, 1.54) is 11.3 Å². The number of rotatable bonds is 7. The summed E-state index contributed by atoms with van der Waals surface area (Å²) in [5, 5.41) is 12.3. The number of hydrogen-bond acceptors (Lipinski definition) is 4. The Morgan fingerprint density at radius 2 is 2.24 bits per heavy atom. The van der Waals surface area contributed by atoms with Crippen LogP contribution < -0.4 is 5.32 Å². The highest BCUT2D eigenvalue weighted by Gasteiger charge is 2.17. The van der Waals surface area contributed by atoms with Crippen molar-refractivity contribution in [3.05, 3.63) is 20.3 Å². The third-order valence-corrected chi connectivity index (χ3v) is 4.00. The van der Waals surface area contributed by atoms with Crippen LogP contribution in [-0.4, -0.2) is 31.5 Å². The number of halogens is 2. The van der Waals surface area contributed by atoms with E-state index in [1.54, 1.807) is 7.11 Å². The molecule has 0 aliphatic carbocycles. The number of nitrogens with one attached hydrogen (secondary N) is 1. The van der Waals surface area contributed by atoms with E-state index in [0.717, 1.165) is 5.56 Å². The van der Waals surface area contributed by atoms with Gasteiger partial charge in [0.15, 0.2) is 0 Å². The second-order valence-corrected chi connectivity index (χ2v) is 6.12. The van der Waals surface area contributed by atoms with E-state index in [9.17, 15) is 0 Å². The minimum absolute atomic E-state index is 0.0814. The molecule has 17 heavy (non-hydrogen) atoms. The van der Waals surface area contributed by atoms with Gasteiger partial charge < -0.3 is 15.2 Å². The van der Waals surface area contributed by atoms with Crippen molar-refractivity contribution in [2.45, 2.75) is 25.4 Å². The maximum absolute atomic E-state index is 8.96. The van der Waals surface area contributed by atoms with Gasteiger partial charge in [0, 0.05) is 25.8 Å². The summed E-state index contributed by atoms with van der Waals surface area (Å²) < 4.78 is 6.49. The van der Waals surface area contributed by atoms with Crippen LogP contribution >= 0.6 is 34.5 Å². The first-order chi connectivity index (χ1) is 8.08. The zero-order chi connectivity index (χ0) is 12.8. The van der Waals surface area contributed by atoms with E-state index in [-0.39, 0.29) is 18.7 Å². The summed E-state index contributed by atoms with van der Waals surface area (Å²) in [6.45, 7) is 2.70. The van der Waals surface area contributed by atoms with Gasteiger partial charge >= 0.3 is 0 Å². The lowest BCUT2D eigenvalue weighted by atomic mass is 10.1. The van der Waals surface area contributed by atoms with Gasteiger partial charge in [0.2, 0.25) is 0 Å². The van der Waals surface area contributed by atoms with Gasteiger partial charge in [-0.15, -0.1) is 11.3 Å². The maximum atomic E-state index is 8.96. The van der Waals surface area contributed by atoms with E-state index < -0.39 is 0 Å². The standard InChI is InChI=1S/C11H17Cl2NO2S/c1-7(9-5-10(12)17-11(9)13)14-8(3-4-15)6-16-2/h5,7-8,14-15H,3-4,6H2,1-2H3. The van der Waals surface area contributed by atoms with Gasteiger partial charge in [0.05, 0.1) is 15.3 Å². The molecule has 2 unspecified atom stereocenters. The number of hydrogen-bond donors (Lipinski definition) is 2. The van der Waals surface area contributed by atoms with Crippen molar-refractivity contribution in [1.82, 2.24) is 5.32 Å². The Balaban J connectivity index is 2.62. The van der Waals surface area contributed by atoms with E-state index in [0.29, 0.717) is 21.7 Å². The topological polar surface area (TPSA) is 41.5 Å². The Labute approximate surface area is 116 Å². The van der Waals surface area contributed by atoms with E-state index >= 15 is 0 Å². The summed E-state index contributed by atoms with van der Waals surface area (Å²) in [6.07, 6.45) is 0.646. The highest BCUT2D eigenvalue weighted by atomic mass is 35.5. The van der Waals surface area contributed by atoms with Crippen LogP contribution in [0.25, 0.3) is 0 Å². The van der Waals surface area contributed by atoms with Crippen LogP contribution in [0.4, 0.5) is 0 Å². The first-order valence-electron chi connectivity index (χ1n) is 5.39. The lowest BCUT2D eigenvalue weighted by Crippen LogP contribution is -2.35. The van der Waals surface area contributed by atoms with Crippen molar-refractivity contribution in [3.63, 3.8) is 0 Å². The number of aliphatic hydroxyl groups is 1. The Hall–Kier alpha value is 0.160. The third-order valence-electron chi connectivity index (χ3n) is 2.48. The largest absolute Gasteiger partial charge is 0.396 e. The molecule has 0 aliphatic rings. The predicted octanol–water partition coefficient (Wildman–Crippen LogP) is 3.10. The fourth-order valence-electron chi connectivity index (χ4n) is 1.66. The number of methoxy groups -OCH3 is 1. The van der Waals surface area contributed by atoms with E-state index in [1.807, 2.05) is 13.0 Å². The Bertz CT molecular complexity index is 340. The number of aliphatic hydroxyl groups excluding tert-OH is 1.